The van der Waals surface area contributed by atoms with Gasteiger partial charge in [0.05, 0.1) is 6.61 Å². The minimum absolute atomic E-state index is 0.121. The molecule has 112 valence electrons. The van der Waals surface area contributed by atoms with Crippen LogP contribution < -0.4 is 5.73 Å². The Kier molecular flexibility index (Phi) is 5.58. The molecule has 0 saturated carbocycles. The van der Waals surface area contributed by atoms with Crippen molar-refractivity contribution in [1.82, 2.24) is 4.90 Å². The van der Waals surface area contributed by atoms with E-state index in [2.05, 4.69) is 43.0 Å². The van der Waals surface area contributed by atoms with Crippen LogP contribution in [-0.2, 0) is 11.2 Å². The first-order valence-electron chi connectivity index (χ1n) is 7.70. The summed E-state index contributed by atoms with van der Waals surface area (Å²) in [6, 6.07) is 9.17. The van der Waals surface area contributed by atoms with Gasteiger partial charge >= 0.3 is 0 Å². The Morgan fingerprint density at radius 1 is 1.35 bits per heavy atom. The quantitative estimate of drug-likeness (QED) is 0.868. The Morgan fingerprint density at radius 3 is 2.80 bits per heavy atom. The van der Waals surface area contributed by atoms with Crippen LogP contribution in [-0.4, -0.2) is 37.7 Å². The van der Waals surface area contributed by atoms with E-state index in [9.17, 15) is 0 Å². The van der Waals surface area contributed by atoms with E-state index in [4.69, 9.17) is 10.5 Å². The summed E-state index contributed by atoms with van der Waals surface area (Å²) < 4.78 is 5.27. The van der Waals surface area contributed by atoms with Gasteiger partial charge in [-0.15, -0.1) is 0 Å². The Morgan fingerprint density at radius 2 is 2.10 bits per heavy atom. The second-order valence-corrected chi connectivity index (χ2v) is 6.21. The van der Waals surface area contributed by atoms with Crippen molar-refractivity contribution < 1.29 is 4.74 Å². The lowest BCUT2D eigenvalue weighted by molar-refractivity contribution is 0.0912. The number of ether oxygens (including phenoxy) is 1. The highest BCUT2D eigenvalue weighted by Gasteiger charge is 2.30. The molecule has 2 unspecified atom stereocenters. The van der Waals surface area contributed by atoms with Crippen LogP contribution in [0, 0.1) is 5.92 Å². The Balaban J connectivity index is 2.13. The molecule has 3 heteroatoms. The van der Waals surface area contributed by atoms with Crippen LogP contribution in [0.1, 0.15) is 37.4 Å². The molecule has 1 aliphatic carbocycles. The molecule has 2 atom stereocenters. The van der Waals surface area contributed by atoms with Crippen LogP contribution in [0.15, 0.2) is 24.3 Å². The molecule has 20 heavy (non-hydrogen) atoms. The average Bonchev–Trinajstić information content (AvgIpc) is 2.44. The number of aryl methyl sites for hydroxylation is 1. The summed E-state index contributed by atoms with van der Waals surface area (Å²) in [6.45, 7) is 7.36. The molecule has 1 aromatic carbocycles. The predicted molar refractivity (Wildman–Crippen MR) is 83.8 cm³/mol. The van der Waals surface area contributed by atoms with Crippen LogP contribution in [0.25, 0.3) is 0 Å². The van der Waals surface area contributed by atoms with Gasteiger partial charge in [0.1, 0.15) is 0 Å². The maximum absolute atomic E-state index is 6.56. The molecule has 2 rings (SSSR count). The molecule has 0 heterocycles. The Bertz CT molecular complexity index is 419. The van der Waals surface area contributed by atoms with E-state index in [1.807, 2.05) is 0 Å². The van der Waals surface area contributed by atoms with Gasteiger partial charge in [-0.25, -0.2) is 0 Å². The van der Waals surface area contributed by atoms with E-state index in [0.717, 1.165) is 32.5 Å². The molecule has 2 N–H and O–H groups in total. The van der Waals surface area contributed by atoms with Crippen molar-refractivity contribution in [2.24, 2.45) is 11.7 Å². The first-order chi connectivity index (χ1) is 9.63. The van der Waals surface area contributed by atoms with Gasteiger partial charge in [0.15, 0.2) is 0 Å². The van der Waals surface area contributed by atoms with E-state index in [0.29, 0.717) is 12.0 Å². The fourth-order valence-electron chi connectivity index (χ4n) is 3.26. The highest BCUT2D eigenvalue weighted by atomic mass is 16.5. The standard InChI is InChI=1S/C17H28N2O/c1-13(2)12-19(10-11-20-3)16-9-8-14-6-4-5-7-15(14)17(16)18/h4-7,13,16-17H,8-12,18H2,1-3H3. The summed E-state index contributed by atoms with van der Waals surface area (Å²) in [7, 11) is 1.77. The summed E-state index contributed by atoms with van der Waals surface area (Å²) in [4.78, 5) is 2.52. The zero-order valence-electron chi connectivity index (χ0n) is 13.0. The molecular weight excluding hydrogens is 248 g/mol. The van der Waals surface area contributed by atoms with Gasteiger partial charge < -0.3 is 10.5 Å². The number of methoxy groups -OCH3 is 1. The SMILES string of the molecule is COCCN(CC(C)C)C1CCc2ccccc2C1N. The lowest BCUT2D eigenvalue weighted by atomic mass is 9.83. The van der Waals surface area contributed by atoms with Crippen molar-refractivity contribution >= 4 is 0 Å². The molecule has 0 bridgehead atoms. The molecular formula is C17H28N2O. The van der Waals surface area contributed by atoms with Crippen LogP contribution in [0.2, 0.25) is 0 Å². The Labute approximate surface area is 123 Å². The van der Waals surface area contributed by atoms with Gasteiger partial charge in [-0.05, 0) is 29.9 Å². The summed E-state index contributed by atoms with van der Waals surface area (Å²) in [5.41, 5.74) is 9.31. The minimum atomic E-state index is 0.121. The van der Waals surface area contributed by atoms with Crippen molar-refractivity contribution in [3.63, 3.8) is 0 Å². The van der Waals surface area contributed by atoms with Crippen LogP contribution in [0.3, 0.4) is 0 Å². The number of hydrogen-bond acceptors (Lipinski definition) is 3. The van der Waals surface area contributed by atoms with Gasteiger partial charge in [0.25, 0.3) is 0 Å². The first kappa shape index (κ1) is 15.5. The lowest BCUT2D eigenvalue weighted by Gasteiger charge is -2.40. The minimum Gasteiger partial charge on any atom is -0.383 e. The normalized spacial score (nSPS) is 22.3. The van der Waals surface area contributed by atoms with Gasteiger partial charge in [-0.1, -0.05) is 38.1 Å². The fourth-order valence-corrected chi connectivity index (χ4v) is 3.26. The summed E-state index contributed by atoms with van der Waals surface area (Å²) in [6.07, 6.45) is 2.28. The number of benzene rings is 1. The summed E-state index contributed by atoms with van der Waals surface area (Å²) >= 11 is 0. The number of rotatable bonds is 6. The molecule has 0 fully saturated rings. The molecule has 3 nitrogen and oxygen atoms in total. The lowest BCUT2D eigenvalue weighted by Crippen LogP contribution is -2.48. The second-order valence-electron chi connectivity index (χ2n) is 6.21. The van der Waals surface area contributed by atoms with E-state index >= 15 is 0 Å². The van der Waals surface area contributed by atoms with Crippen molar-refractivity contribution in [3.8, 4) is 0 Å². The molecule has 0 saturated heterocycles. The molecule has 1 aliphatic rings. The Hall–Kier alpha value is -0.900. The van der Waals surface area contributed by atoms with E-state index < -0.39 is 0 Å². The largest absolute Gasteiger partial charge is 0.383 e. The highest BCUT2D eigenvalue weighted by Crippen LogP contribution is 2.31. The third-order valence-corrected chi connectivity index (χ3v) is 4.19. The summed E-state index contributed by atoms with van der Waals surface area (Å²) in [5, 5.41) is 0. The van der Waals surface area contributed by atoms with Crippen LogP contribution in [0.4, 0.5) is 0 Å². The molecule has 0 spiro atoms. The third kappa shape index (κ3) is 3.60. The number of hydrogen-bond donors (Lipinski definition) is 1. The van der Waals surface area contributed by atoms with Crippen molar-refractivity contribution in [3.05, 3.63) is 35.4 Å². The summed E-state index contributed by atoms with van der Waals surface area (Å²) in [5.74, 6) is 0.649. The molecule has 1 aromatic rings. The molecule has 0 aliphatic heterocycles. The van der Waals surface area contributed by atoms with Crippen molar-refractivity contribution in [1.29, 1.82) is 0 Å². The molecule has 0 radical (unpaired) electrons. The maximum atomic E-state index is 6.56. The molecule has 0 amide bonds. The van der Waals surface area contributed by atoms with E-state index in [-0.39, 0.29) is 6.04 Å². The van der Waals surface area contributed by atoms with Crippen LogP contribution >= 0.6 is 0 Å². The molecule has 0 aromatic heterocycles. The van der Waals surface area contributed by atoms with E-state index in [1.54, 1.807) is 7.11 Å². The monoisotopic (exact) mass is 276 g/mol. The van der Waals surface area contributed by atoms with Crippen molar-refractivity contribution in [2.45, 2.75) is 38.8 Å². The number of nitrogens with zero attached hydrogens (tertiary/aromatic N) is 1. The highest BCUT2D eigenvalue weighted by molar-refractivity contribution is 5.33. The zero-order valence-corrected chi connectivity index (χ0v) is 13.0. The van der Waals surface area contributed by atoms with E-state index in [1.165, 1.54) is 11.1 Å². The maximum Gasteiger partial charge on any atom is 0.0589 e. The van der Waals surface area contributed by atoms with Crippen LogP contribution in [0.5, 0.6) is 0 Å². The average molecular weight is 276 g/mol. The number of nitrogens with two attached hydrogens (primary N) is 1. The third-order valence-electron chi connectivity index (χ3n) is 4.19. The van der Waals surface area contributed by atoms with Gasteiger partial charge in [0, 0.05) is 32.3 Å². The van der Waals surface area contributed by atoms with Gasteiger partial charge in [-0.2, -0.15) is 0 Å². The van der Waals surface area contributed by atoms with Crippen molar-refractivity contribution in [2.75, 3.05) is 26.8 Å². The van der Waals surface area contributed by atoms with Gasteiger partial charge in [-0.3, -0.25) is 4.90 Å². The fraction of sp³-hybridized carbons (Fsp3) is 0.647. The smallest absolute Gasteiger partial charge is 0.0589 e. The predicted octanol–water partition coefficient (Wildman–Crippen LogP) is 2.61. The van der Waals surface area contributed by atoms with Gasteiger partial charge in [0.2, 0.25) is 0 Å². The topological polar surface area (TPSA) is 38.5 Å². The number of fused-ring (bicyclic) bond motifs is 1. The second kappa shape index (κ2) is 7.21. The first-order valence-corrected chi connectivity index (χ1v) is 7.70. The zero-order chi connectivity index (χ0) is 14.5.